The third-order valence-electron chi connectivity index (χ3n) is 8.16. The number of carbonyl (C=O) groups excluding carboxylic acids is 3. The number of nitrogens with zero attached hydrogens (tertiary/aromatic N) is 3. The number of para-hydroxylation sites is 1. The second kappa shape index (κ2) is 11.2. The smallest absolute Gasteiger partial charge is 0.416 e. The van der Waals surface area contributed by atoms with Crippen molar-refractivity contribution in [2.45, 2.75) is 31.1 Å². The van der Waals surface area contributed by atoms with E-state index < -0.39 is 23.2 Å². The predicted molar refractivity (Wildman–Crippen MR) is 149 cm³/mol. The molecule has 3 aromatic carbocycles. The van der Waals surface area contributed by atoms with E-state index in [1.807, 2.05) is 35.2 Å². The molecule has 0 bridgehead atoms. The van der Waals surface area contributed by atoms with Crippen molar-refractivity contribution in [3.8, 4) is 11.5 Å². The summed E-state index contributed by atoms with van der Waals surface area (Å²) in [5.74, 6) is 0.230. The topological polar surface area (TPSA) is 91.4 Å². The normalized spacial score (nSPS) is 17.5. The first-order chi connectivity index (χ1) is 20.6. The zero-order valence-electron chi connectivity index (χ0n) is 23.1. The molecule has 3 aromatic rings. The Kier molecular flexibility index (Phi) is 7.37. The molecule has 6 rings (SSSR count). The lowest BCUT2D eigenvalue weighted by molar-refractivity contribution is -0.138. The van der Waals surface area contributed by atoms with E-state index in [0.29, 0.717) is 48.6 Å². The molecule has 43 heavy (non-hydrogen) atoms. The molecule has 1 spiro atoms. The van der Waals surface area contributed by atoms with E-state index in [-0.39, 0.29) is 38.4 Å². The van der Waals surface area contributed by atoms with Gasteiger partial charge in [-0.1, -0.05) is 30.3 Å². The Morgan fingerprint density at radius 1 is 0.907 bits per heavy atom. The average Bonchev–Trinajstić information content (AvgIpc) is 3.59. The summed E-state index contributed by atoms with van der Waals surface area (Å²) in [6, 6.07) is 19.2. The average molecular weight is 595 g/mol. The van der Waals surface area contributed by atoms with Crippen LogP contribution in [0, 0.1) is 0 Å². The van der Waals surface area contributed by atoms with Gasteiger partial charge in [-0.2, -0.15) is 13.2 Å². The Morgan fingerprint density at radius 2 is 1.65 bits per heavy atom. The Balaban J connectivity index is 1.14. The first kappa shape index (κ1) is 28.4. The van der Waals surface area contributed by atoms with Gasteiger partial charge in [0.15, 0.2) is 11.5 Å². The number of fused-ring (bicyclic) bond motifs is 1. The van der Waals surface area contributed by atoms with Gasteiger partial charge in [-0.3, -0.25) is 14.4 Å². The van der Waals surface area contributed by atoms with Crippen LogP contribution in [0.1, 0.15) is 34.3 Å². The van der Waals surface area contributed by atoms with Crippen molar-refractivity contribution >= 4 is 23.4 Å². The van der Waals surface area contributed by atoms with E-state index in [1.54, 1.807) is 23.1 Å². The summed E-state index contributed by atoms with van der Waals surface area (Å²) < 4.78 is 49.9. The highest BCUT2D eigenvalue weighted by Crippen LogP contribution is 2.40. The molecular formula is C31H29F3N4O5. The maximum Gasteiger partial charge on any atom is 0.416 e. The van der Waals surface area contributed by atoms with Crippen LogP contribution in [0.3, 0.4) is 0 Å². The molecule has 0 unspecified atom stereocenters. The molecule has 2 saturated heterocycles. The lowest BCUT2D eigenvalue weighted by Gasteiger charge is -2.43. The SMILES string of the molecule is O=C(CN1CN(c2ccccc2)C2(CCN(C(=O)c3ccc4c(c3)OCO4)CC2)C1=O)NCc1cccc(C(F)(F)F)c1. The Hall–Kier alpha value is -4.74. The number of nitrogens with one attached hydrogen (secondary N) is 1. The Bertz CT molecular complexity index is 1540. The summed E-state index contributed by atoms with van der Waals surface area (Å²) in [5, 5.41) is 2.64. The van der Waals surface area contributed by atoms with Gasteiger partial charge in [0.1, 0.15) is 12.1 Å². The van der Waals surface area contributed by atoms with Crippen molar-refractivity contribution in [2.75, 3.05) is 38.0 Å². The van der Waals surface area contributed by atoms with Gasteiger partial charge < -0.3 is 29.5 Å². The van der Waals surface area contributed by atoms with E-state index in [4.69, 9.17) is 9.47 Å². The number of alkyl halides is 3. The summed E-state index contributed by atoms with van der Waals surface area (Å²) >= 11 is 0. The van der Waals surface area contributed by atoms with Crippen molar-refractivity contribution < 1.29 is 37.0 Å². The molecule has 1 N–H and O–H groups in total. The van der Waals surface area contributed by atoms with Crippen LogP contribution in [-0.2, 0) is 22.3 Å². The third kappa shape index (κ3) is 5.56. The highest BCUT2D eigenvalue weighted by molar-refractivity contribution is 5.98. The zero-order valence-corrected chi connectivity index (χ0v) is 23.1. The number of carbonyl (C=O) groups is 3. The molecule has 0 atom stereocenters. The van der Waals surface area contributed by atoms with Gasteiger partial charge in [0.05, 0.1) is 12.2 Å². The second-order valence-electron chi connectivity index (χ2n) is 10.8. The quantitative estimate of drug-likeness (QED) is 0.464. The van der Waals surface area contributed by atoms with Crippen LogP contribution in [-0.4, -0.2) is 66.2 Å². The van der Waals surface area contributed by atoms with Crippen molar-refractivity contribution in [1.82, 2.24) is 15.1 Å². The maximum atomic E-state index is 14.0. The predicted octanol–water partition coefficient (Wildman–Crippen LogP) is 4.03. The van der Waals surface area contributed by atoms with Crippen LogP contribution in [0.2, 0.25) is 0 Å². The number of rotatable bonds is 6. The van der Waals surface area contributed by atoms with Gasteiger partial charge in [0.25, 0.3) is 11.8 Å². The van der Waals surface area contributed by atoms with Crippen LogP contribution in [0.15, 0.2) is 72.8 Å². The van der Waals surface area contributed by atoms with Crippen molar-refractivity contribution in [2.24, 2.45) is 0 Å². The van der Waals surface area contributed by atoms with E-state index in [2.05, 4.69) is 5.32 Å². The minimum absolute atomic E-state index is 0.102. The molecule has 3 aliphatic heterocycles. The van der Waals surface area contributed by atoms with E-state index in [1.165, 1.54) is 17.0 Å². The van der Waals surface area contributed by atoms with Crippen molar-refractivity contribution in [3.63, 3.8) is 0 Å². The van der Waals surface area contributed by atoms with Crippen molar-refractivity contribution in [1.29, 1.82) is 0 Å². The van der Waals surface area contributed by atoms with Crippen LogP contribution < -0.4 is 19.7 Å². The lowest BCUT2D eigenvalue weighted by Crippen LogP contribution is -2.57. The number of piperidine rings is 1. The highest BCUT2D eigenvalue weighted by atomic mass is 19.4. The van der Waals surface area contributed by atoms with E-state index in [9.17, 15) is 27.6 Å². The maximum absolute atomic E-state index is 14.0. The van der Waals surface area contributed by atoms with Crippen LogP contribution in [0.5, 0.6) is 11.5 Å². The fourth-order valence-corrected chi connectivity index (χ4v) is 5.90. The van der Waals surface area contributed by atoms with Crippen LogP contribution in [0.4, 0.5) is 18.9 Å². The van der Waals surface area contributed by atoms with Crippen molar-refractivity contribution in [3.05, 3.63) is 89.5 Å². The standard InChI is InChI=1S/C31H29F3N4O5/c32-31(33,34)23-6-4-5-21(15-23)17-35-27(39)18-37-19-38(24-7-2-1-3-8-24)30(29(37)41)11-13-36(14-12-30)28(40)22-9-10-25-26(16-22)43-20-42-25/h1-10,15-16H,11-14,17-20H2,(H,35,39). The first-order valence-electron chi connectivity index (χ1n) is 13.9. The van der Waals surface area contributed by atoms with Gasteiger partial charge in [-0.25, -0.2) is 0 Å². The molecule has 3 aliphatic rings. The summed E-state index contributed by atoms with van der Waals surface area (Å²) in [7, 11) is 0. The fraction of sp³-hybridized carbons (Fsp3) is 0.323. The lowest BCUT2D eigenvalue weighted by atomic mass is 9.85. The largest absolute Gasteiger partial charge is 0.454 e. The first-order valence-corrected chi connectivity index (χ1v) is 13.9. The number of likely N-dealkylation sites (tertiary alicyclic amines) is 1. The molecule has 9 nitrogen and oxygen atoms in total. The highest BCUT2D eigenvalue weighted by Gasteiger charge is 2.54. The minimum atomic E-state index is -4.48. The molecular weight excluding hydrogens is 565 g/mol. The van der Waals surface area contributed by atoms with Gasteiger partial charge in [0, 0.05) is 30.9 Å². The Labute approximate surface area is 245 Å². The van der Waals surface area contributed by atoms with E-state index >= 15 is 0 Å². The molecule has 2 fully saturated rings. The Morgan fingerprint density at radius 3 is 2.40 bits per heavy atom. The molecule has 12 heteroatoms. The third-order valence-corrected chi connectivity index (χ3v) is 8.16. The second-order valence-corrected chi connectivity index (χ2v) is 10.8. The summed E-state index contributed by atoms with van der Waals surface area (Å²) in [6.45, 7) is 0.584. The molecule has 0 aliphatic carbocycles. The van der Waals surface area contributed by atoms with Gasteiger partial charge in [-0.15, -0.1) is 0 Å². The summed E-state index contributed by atoms with van der Waals surface area (Å²) in [5.41, 5.74) is -0.153. The van der Waals surface area contributed by atoms with Crippen LogP contribution in [0.25, 0.3) is 0 Å². The molecule has 0 aromatic heterocycles. The number of halogens is 3. The molecule has 3 heterocycles. The molecule has 0 radical (unpaired) electrons. The number of hydrogen-bond donors (Lipinski definition) is 1. The monoisotopic (exact) mass is 594 g/mol. The van der Waals surface area contributed by atoms with E-state index in [0.717, 1.165) is 17.8 Å². The molecule has 3 amide bonds. The minimum Gasteiger partial charge on any atom is -0.454 e. The van der Waals surface area contributed by atoms with Gasteiger partial charge in [0.2, 0.25) is 12.7 Å². The number of amides is 3. The zero-order chi connectivity index (χ0) is 30.2. The number of benzene rings is 3. The number of anilines is 1. The molecule has 0 saturated carbocycles. The summed E-state index contributed by atoms with van der Waals surface area (Å²) in [6.07, 6.45) is -3.76. The fourth-order valence-electron chi connectivity index (χ4n) is 5.90. The summed E-state index contributed by atoms with van der Waals surface area (Å²) in [4.78, 5) is 45.3. The van der Waals surface area contributed by atoms with Crippen LogP contribution >= 0.6 is 0 Å². The number of ether oxygens (including phenoxy) is 2. The number of hydrogen-bond acceptors (Lipinski definition) is 6. The van der Waals surface area contributed by atoms with Gasteiger partial charge >= 0.3 is 6.18 Å². The van der Waals surface area contributed by atoms with Gasteiger partial charge in [-0.05, 0) is 60.9 Å². The molecule has 224 valence electrons.